The first-order valence-electron chi connectivity index (χ1n) is 3.03. The second-order valence-electron chi connectivity index (χ2n) is 2.16. The Balaban J connectivity index is -0.0000000853. The van der Waals surface area contributed by atoms with E-state index in [9.17, 15) is 18.3 Å². The molecule has 0 aromatic heterocycles. The van der Waals surface area contributed by atoms with Gasteiger partial charge in [-0.2, -0.15) is 12.9 Å². The van der Waals surface area contributed by atoms with Crippen LogP contribution in [0.15, 0.2) is 0 Å². The summed E-state index contributed by atoms with van der Waals surface area (Å²) in [5, 5.41) is 0. The molecule has 0 saturated carbocycles. The summed E-state index contributed by atoms with van der Waals surface area (Å²) >= 11 is 0. The van der Waals surface area contributed by atoms with Crippen molar-refractivity contribution in [2.75, 3.05) is 0 Å². The van der Waals surface area contributed by atoms with Crippen LogP contribution in [0, 0.1) is 0 Å². The molecule has 13 nitrogen and oxygen atoms in total. The number of rotatable bonds is 6. The Bertz CT molecular complexity index is 427. The zero-order chi connectivity index (χ0) is 14.1. The van der Waals surface area contributed by atoms with Crippen LogP contribution in [-0.2, 0) is 31.2 Å². The van der Waals surface area contributed by atoms with Gasteiger partial charge in [-0.1, -0.05) is 0 Å². The van der Waals surface area contributed by atoms with Crippen molar-refractivity contribution in [3.8, 4) is 0 Å². The van der Waals surface area contributed by atoms with E-state index in [2.05, 4.69) is 12.9 Å². The third-order valence-electron chi connectivity index (χ3n) is 0.625. The summed E-state index contributed by atoms with van der Waals surface area (Å²) in [6.07, 6.45) is 0. The van der Waals surface area contributed by atoms with Gasteiger partial charge in [-0.15, -0.1) is 0 Å². The van der Waals surface area contributed by atoms with E-state index in [1.54, 1.807) is 0 Å². The normalized spacial score (nSPS) is 18.4. The molecule has 0 radical (unpaired) electrons. The van der Waals surface area contributed by atoms with Crippen LogP contribution in [0.1, 0.15) is 5.71 Å². The van der Waals surface area contributed by atoms with Crippen molar-refractivity contribution in [2.45, 2.75) is 0 Å². The van der Waals surface area contributed by atoms with Gasteiger partial charge < -0.3 is 35.1 Å². The van der Waals surface area contributed by atoms with Crippen molar-refractivity contribution in [1.82, 2.24) is 0 Å². The third-order valence-corrected chi connectivity index (χ3v) is 5.63. The molecule has 2 unspecified atom stereocenters. The Morgan fingerprint density at radius 2 is 0.789 bits per heavy atom. The molecule has 0 saturated heterocycles. The first-order valence-corrected chi connectivity index (χ1v) is 9.08. The Labute approximate surface area is 171 Å². The second-order valence-corrected chi connectivity index (χ2v) is 7.96. The quantitative estimate of drug-likeness (QED) is 0.226. The Hall–Kier alpha value is 3.08. The second kappa shape index (κ2) is 9.39. The molecule has 112 valence electrons. The molecule has 0 spiro atoms. The van der Waals surface area contributed by atoms with Gasteiger partial charge in [0.1, 0.15) is 0 Å². The molecule has 0 bridgehead atoms. The van der Waals surface area contributed by atoms with Gasteiger partial charge >= 0.3 is 107 Å². The van der Waals surface area contributed by atoms with Crippen LogP contribution >= 0.6 is 31.3 Å². The van der Waals surface area contributed by atoms with Gasteiger partial charge in [0, 0.05) is 0 Å². The summed E-state index contributed by atoms with van der Waals surface area (Å²) in [6, 6.07) is 0. The van der Waals surface area contributed by atoms with E-state index >= 15 is 0 Å². The average molecular weight is 422 g/mol. The van der Waals surface area contributed by atoms with Gasteiger partial charge in [-0.25, -0.2) is 18.3 Å². The molecule has 19 heteroatoms. The van der Waals surface area contributed by atoms with Crippen LogP contribution in [-0.4, -0.2) is 105 Å². The van der Waals surface area contributed by atoms with E-state index in [1.165, 1.54) is 0 Å². The van der Waals surface area contributed by atoms with Crippen LogP contribution in [0.4, 0.5) is 0 Å². The van der Waals surface area contributed by atoms with Gasteiger partial charge in [0.15, 0.2) is 0 Å². The summed E-state index contributed by atoms with van der Waals surface area (Å²) in [5.41, 5.74) is 0. The van der Waals surface area contributed by atoms with Crippen LogP contribution in [0.5, 0.6) is 0 Å². The summed E-state index contributed by atoms with van der Waals surface area (Å²) in [6.45, 7) is 0. The summed E-state index contributed by atoms with van der Waals surface area (Å²) in [7, 11) is -22.6. The maximum atomic E-state index is 10.7. The van der Waals surface area contributed by atoms with Gasteiger partial charge in [0.2, 0.25) is 0 Å². The molecule has 0 aliphatic carbocycles. The predicted molar refractivity (Wildman–Crippen MR) is 62.9 cm³/mol. The van der Waals surface area contributed by atoms with E-state index in [0.29, 0.717) is 0 Å². The molecule has 0 aromatic rings. The van der Waals surface area contributed by atoms with E-state index in [4.69, 9.17) is 29.4 Å². The Morgan fingerprint density at radius 1 is 0.579 bits per heavy atom. The molecule has 0 amide bonds. The van der Waals surface area contributed by atoms with Gasteiger partial charge in [0.25, 0.3) is 0 Å². The molecular formula is H10Ca2O13P4. The molecule has 0 aliphatic heterocycles. The largest absolute Gasteiger partial charge is 2.00 e. The SMILES string of the molecule is O=P(O)(O)OP(=O)(O)OP(=O)(O)OP(=O)(O)O.[Ca+2].[Ca+2].[H-].[H-].[H-].[H-]. The molecule has 0 fully saturated rings. The summed E-state index contributed by atoms with van der Waals surface area (Å²) in [5.74, 6) is 0. The minimum Gasteiger partial charge on any atom is -1.00 e. The van der Waals surface area contributed by atoms with E-state index in [-0.39, 0.29) is 81.2 Å². The maximum Gasteiger partial charge on any atom is 2.00 e. The van der Waals surface area contributed by atoms with Crippen LogP contribution in [0.25, 0.3) is 0 Å². The van der Waals surface area contributed by atoms with E-state index in [0.717, 1.165) is 0 Å². The van der Waals surface area contributed by atoms with Gasteiger partial charge in [-0.3, -0.25) is 0 Å². The monoisotopic (exact) mass is 422 g/mol. The minimum atomic E-state index is -5.77. The first-order chi connectivity index (χ1) is 7.12. The van der Waals surface area contributed by atoms with Crippen molar-refractivity contribution in [2.24, 2.45) is 0 Å². The smallest absolute Gasteiger partial charge is 1.00 e. The fourth-order valence-corrected chi connectivity index (χ4v) is 4.40. The van der Waals surface area contributed by atoms with Crippen molar-refractivity contribution in [1.29, 1.82) is 0 Å². The minimum absolute atomic E-state index is 0. The van der Waals surface area contributed by atoms with Crippen LogP contribution in [0.2, 0.25) is 0 Å². The van der Waals surface area contributed by atoms with Crippen LogP contribution < -0.4 is 0 Å². The van der Waals surface area contributed by atoms with E-state index in [1.807, 2.05) is 0 Å². The topological polar surface area (TPSA) is 217 Å². The maximum absolute atomic E-state index is 10.7. The average Bonchev–Trinajstić information content (AvgIpc) is 1.65. The predicted octanol–water partition coefficient (Wildman–Crippen LogP) is -0.889. The Kier molecular flexibility index (Phi) is 13.3. The molecule has 6 N–H and O–H groups in total. The number of hydrogen-bond donors (Lipinski definition) is 6. The molecule has 0 aliphatic rings. The third kappa shape index (κ3) is 17.3. The van der Waals surface area contributed by atoms with Crippen molar-refractivity contribution >= 4 is 107 Å². The van der Waals surface area contributed by atoms with Gasteiger partial charge in [0.05, 0.1) is 0 Å². The van der Waals surface area contributed by atoms with E-state index < -0.39 is 31.3 Å². The van der Waals surface area contributed by atoms with Gasteiger partial charge in [-0.05, 0) is 0 Å². The summed E-state index contributed by atoms with van der Waals surface area (Å²) < 4.78 is 50.9. The standard InChI is InChI=1S/2Ca.H6O13P4.4H/c;;1-14(2,3)11-16(7,8)13-17(9,10)12-15(4,5)6;;;;/h;;(H,7,8)(H,9,10)(H2,1,2,3)(H2,4,5,6);;;;/q2*+2;;4*-1. The fraction of sp³-hybridized carbons (Fsp3) is 0. The molecule has 0 aromatic carbocycles. The molecule has 0 rings (SSSR count). The van der Waals surface area contributed by atoms with Crippen molar-refractivity contribution < 1.29 is 66.3 Å². The zero-order valence-corrected chi connectivity index (χ0v) is 16.7. The zero-order valence-electron chi connectivity index (χ0n) is 12.7. The molecule has 0 heterocycles. The summed E-state index contributed by atoms with van der Waals surface area (Å²) in [4.78, 5) is 49.4. The fourth-order valence-electron chi connectivity index (χ4n) is 0.429. The Morgan fingerprint density at radius 3 is 0.947 bits per heavy atom. The molecular weight excluding hydrogens is 412 g/mol. The molecule has 2 atom stereocenters. The van der Waals surface area contributed by atoms with Crippen LogP contribution in [0.3, 0.4) is 0 Å². The first kappa shape index (κ1) is 27.0. The van der Waals surface area contributed by atoms with Crippen molar-refractivity contribution in [3.63, 3.8) is 0 Å². The number of hydrogen-bond acceptors (Lipinski definition) is 7. The number of phosphoric acid groups is 4. The molecule has 19 heavy (non-hydrogen) atoms. The van der Waals surface area contributed by atoms with Crippen molar-refractivity contribution in [3.05, 3.63) is 0 Å².